The van der Waals surface area contributed by atoms with Gasteiger partial charge in [-0.2, -0.15) is 0 Å². The molecule has 0 radical (unpaired) electrons. The molecule has 0 amide bonds. The molecule has 0 aliphatic rings. The van der Waals surface area contributed by atoms with Crippen molar-refractivity contribution in [3.63, 3.8) is 0 Å². The molecule has 14 heavy (non-hydrogen) atoms. The molecule has 1 aromatic rings. The molecule has 0 aromatic heterocycles. The fourth-order valence-electron chi connectivity index (χ4n) is 1.53. The Labute approximate surface area is 94.8 Å². The number of rotatable bonds is 5. The van der Waals surface area contributed by atoms with Gasteiger partial charge in [0.15, 0.2) is 0 Å². The van der Waals surface area contributed by atoms with E-state index >= 15 is 0 Å². The lowest BCUT2D eigenvalue weighted by molar-refractivity contribution is 0.667. The molecule has 0 saturated heterocycles. The maximum Gasteiger partial charge on any atom is 0.0347 e. The number of nitrogens with two attached hydrogens (primary N) is 1. The van der Waals surface area contributed by atoms with Crippen molar-refractivity contribution in [2.24, 2.45) is 0 Å². The molecule has 0 heterocycles. The lowest BCUT2D eigenvalue weighted by Crippen LogP contribution is -1.94. The number of benzene rings is 1. The standard InChI is InChI=1S/C12H18BrN/c1-2-3-4-5-6-10-9-11(13)7-8-12(10)14/h7-9H,2-6,14H2,1H3. The van der Waals surface area contributed by atoms with Crippen LogP contribution in [0.1, 0.15) is 38.2 Å². The zero-order valence-electron chi connectivity index (χ0n) is 8.72. The molecule has 0 fully saturated rings. The van der Waals surface area contributed by atoms with Gasteiger partial charge in [-0.1, -0.05) is 42.1 Å². The summed E-state index contributed by atoms with van der Waals surface area (Å²) in [7, 11) is 0. The Morgan fingerprint density at radius 1 is 1.21 bits per heavy atom. The fourth-order valence-corrected chi connectivity index (χ4v) is 1.94. The summed E-state index contributed by atoms with van der Waals surface area (Å²) in [6, 6.07) is 6.09. The third kappa shape index (κ3) is 3.70. The van der Waals surface area contributed by atoms with Crippen molar-refractivity contribution in [1.82, 2.24) is 0 Å². The van der Waals surface area contributed by atoms with E-state index < -0.39 is 0 Å². The maximum absolute atomic E-state index is 5.88. The first kappa shape index (κ1) is 11.6. The number of hydrogen-bond donors (Lipinski definition) is 1. The summed E-state index contributed by atoms with van der Waals surface area (Å²) < 4.78 is 1.12. The van der Waals surface area contributed by atoms with Crippen LogP contribution in [0.15, 0.2) is 22.7 Å². The number of hydrogen-bond acceptors (Lipinski definition) is 1. The normalized spacial score (nSPS) is 10.4. The number of unbranched alkanes of at least 4 members (excludes halogenated alkanes) is 3. The third-order valence-corrected chi connectivity index (χ3v) is 2.90. The minimum Gasteiger partial charge on any atom is -0.399 e. The van der Waals surface area contributed by atoms with Gasteiger partial charge in [0.1, 0.15) is 0 Å². The molecule has 0 bridgehead atoms. The molecule has 1 aromatic carbocycles. The topological polar surface area (TPSA) is 26.0 Å². The largest absolute Gasteiger partial charge is 0.399 e. The van der Waals surface area contributed by atoms with Gasteiger partial charge in [0.25, 0.3) is 0 Å². The molecule has 0 atom stereocenters. The van der Waals surface area contributed by atoms with E-state index in [2.05, 4.69) is 28.9 Å². The van der Waals surface area contributed by atoms with Crippen LogP contribution in [0.3, 0.4) is 0 Å². The highest BCUT2D eigenvalue weighted by Crippen LogP contribution is 2.20. The number of halogens is 1. The van der Waals surface area contributed by atoms with Crippen LogP contribution in [0.5, 0.6) is 0 Å². The van der Waals surface area contributed by atoms with Crippen LogP contribution in [-0.2, 0) is 6.42 Å². The van der Waals surface area contributed by atoms with Crippen LogP contribution in [0.25, 0.3) is 0 Å². The van der Waals surface area contributed by atoms with Crippen LogP contribution in [-0.4, -0.2) is 0 Å². The van der Waals surface area contributed by atoms with Crippen molar-refractivity contribution in [3.05, 3.63) is 28.2 Å². The van der Waals surface area contributed by atoms with E-state index in [1.165, 1.54) is 31.2 Å². The van der Waals surface area contributed by atoms with Crippen molar-refractivity contribution < 1.29 is 0 Å². The first-order valence-electron chi connectivity index (χ1n) is 5.28. The molecule has 1 nitrogen and oxygen atoms in total. The van der Waals surface area contributed by atoms with Crippen LogP contribution >= 0.6 is 15.9 Å². The second-order valence-electron chi connectivity index (χ2n) is 3.65. The molecule has 0 aliphatic heterocycles. The Bertz CT molecular complexity index is 284. The Hall–Kier alpha value is -0.500. The predicted octanol–water partition coefficient (Wildman–Crippen LogP) is 4.15. The number of nitrogen functional groups attached to an aromatic ring is 1. The van der Waals surface area contributed by atoms with Crippen molar-refractivity contribution >= 4 is 21.6 Å². The summed E-state index contributed by atoms with van der Waals surface area (Å²) in [4.78, 5) is 0. The number of aryl methyl sites for hydroxylation is 1. The van der Waals surface area contributed by atoms with Crippen LogP contribution < -0.4 is 5.73 Å². The quantitative estimate of drug-likeness (QED) is 0.621. The van der Waals surface area contributed by atoms with Gasteiger partial charge in [-0.15, -0.1) is 0 Å². The maximum atomic E-state index is 5.88. The van der Waals surface area contributed by atoms with E-state index in [9.17, 15) is 0 Å². The summed E-state index contributed by atoms with van der Waals surface area (Å²) >= 11 is 3.46. The third-order valence-electron chi connectivity index (χ3n) is 2.40. The summed E-state index contributed by atoms with van der Waals surface area (Å²) in [5.41, 5.74) is 8.08. The minimum atomic E-state index is 0.921. The van der Waals surface area contributed by atoms with Gasteiger partial charge in [-0.05, 0) is 36.6 Å². The van der Waals surface area contributed by atoms with Crippen molar-refractivity contribution in [1.29, 1.82) is 0 Å². The Kier molecular flexibility index (Phi) is 5.02. The zero-order valence-corrected chi connectivity index (χ0v) is 10.3. The molecule has 78 valence electrons. The molecule has 1 rings (SSSR count). The lowest BCUT2D eigenvalue weighted by Gasteiger charge is -2.05. The van der Waals surface area contributed by atoms with Crippen LogP contribution in [0, 0.1) is 0 Å². The van der Waals surface area contributed by atoms with Gasteiger partial charge in [-0.3, -0.25) is 0 Å². The molecular formula is C12H18BrN. The molecule has 2 N–H and O–H groups in total. The molecule has 0 aliphatic carbocycles. The Balaban J connectivity index is 2.45. The first-order chi connectivity index (χ1) is 6.74. The molecular weight excluding hydrogens is 238 g/mol. The molecule has 0 spiro atoms. The predicted molar refractivity (Wildman–Crippen MR) is 66.4 cm³/mol. The van der Waals surface area contributed by atoms with E-state index in [1.54, 1.807) is 0 Å². The van der Waals surface area contributed by atoms with Gasteiger partial charge in [0.05, 0.1) is 0 Å². The number of anilines is 1. The van der Waals surface area contributed by atoms with E-state index in [4.69, 9.17) is 5.73 Å². The van der Waals surface area contributed by atoms with Gasteiger partial charge < -0.3 is 5.73 Å². The SMILES string of the molecule is CCCCCCc1cc(Br)ccc1N. The molecule has 2 heteroatoms. The van der Waals surface area contributed by atoms with E-state index in [-0.39, 0.29) is 0 Å². The average Bonchev–Trinajstić information content (AvgIpc) is 2.18. The lowest BCUT2D eigenvalue weighted by atomic mass is 10.0. The van der Waals surface area contributed by atoms with Gasteiger partial charge >= 0.3 is 0 Å². The molecule has 0 saturated carbocycles. The fraction of sp³-hybridized carbons (Fsp3) is 0.500. The smallest absolute Gasteiger partial charge is 0.0347 e. The van der Waals surface area contributed by atoms with Crippen LogP contribution in [0.4, 0.5) is 5.69 Å². The zero-order chi connectivity index (χ0) is 10.4. The Morgan fingerprint density at radius 3 is 2.71 bits per heavy atom. The van der Waals surface area contributed by atoms with Crippen LogP contribution in [0.2, 0.25) is 0 Å². The van der Waals surface area contributed by atoms with Crippen molar-refractivity contribution in [2.45, 2.75) is 39.0 Å². The second kappa shape index (κ2) is 6.07. The monoisotopic (exact) mass is 255 g/mol. The van der Waals surface area contributed by atoms with E-state index in [0.717, 1.165) is 16.6 Å². The highest BCUT2D eigenvalue weighted by Gasteiger charge is 1.99. The van der Waals surface area contributed by atoms with Gasteiger partial charge in [-0.25, -0.2) is 0 Å². The first-order valence-corrected chi connectivity index (χ1v) is 6.07. The summed E-state index contributed by atoms with van der Waals surface area (Å²) in [6.07, 6.45) is 6.27. The second-order valence-corrected chi connectivity index (χ2v) is 4.57. The summed E-state index contributed by atoms with van der Waals surface area (Å²) in [5.74, 6) is 0. The summed E-state index contributed by atoms with van der Waals surface area (Å²) in [5, 5.41) is 0. The summed E-state index contributed by atoms with van der Waals surface area (Å²) in [6.45, 7) is 2.23. The van der Waals surface area contributed by atoms with Crippen molar-refractivity contribution in [2.75, 3.05) is 5.73 Å². The van der Waals surface area contributed by atoms with Crippen molar-refractivity contribution in [3.8, 4) is 0 Å². The van der Waals surface area contributed by atoms with Gasteiger partial charge in [0, 0.05) is 10.2 Å². The average molecular weight is 256 g/mol. The van der Waals surface area contributed by atoms with Gasteiger partial charge in [0.2, 0.25) is 0 Å². The Morgan fingerprint density at radius 2 is 2.00 bits per heavy atom. The molecule has 0 unspecified atom stereocenters. The highest BCUT2D eigenvalue weighted by molar-refractivity contribution is 9.10. The van der Waals surface area contributed by atoms with E-state index in [1.807, 2.05) is 12.1 Å². The highest BCUT2D eigenvalue weighted by atomic mass is 79.9. The minimum absolute atomic E-state index is 0.921. The van der Waals surface area contributed by atoms with E-state index in [0.29, 0.717) is 0 Å².